The summed E-state index contributed by atoms with van der Waals surface area (Å²) in [7, 11) is 0. The van der Waals surface area contributed by atoms with Gasteiger partial charge in [0.25, 0.3) is 0 Å². The fraction of sp³-hybridized carbons (Fsp3) is 0.258. The zero-order valence-corrected chi connectivity index (χ0v) is 19.7. The Morgan fingerprint density at radius 1 is 0.771 bits per heavy atom. The summed E-state index contributed by atoms with van der Waals surface area (Å²) in [5.41, 5.74) is 5.12. The molecular weight excluding hydrogens is 445 g/mol. The maximum atomic E-state index is 12.4. The zero-order chi connectivity index (χ0) is 24.6. The van der Waals surface area contributed by atoms with E-state index in [-0.39, 0.29) is 12.2 Å². The number of hydrogen-bond donors (Lipinski definition) is 0. The molecular formula is C31H27F3O. The number of alkyl halides is 3. The van der Waals surface area contributed by atoms with Crippen molar-refractivity contribution in [2.24, 2.45) is 0 Å². The van der Waals surface area contributed by atoms with Crippen LogP contribution in [0.1, 0.15) is 53.1 Å². The molecule has 0 aromatic heterocycles. The van der Waals surface area contributed by atoms with E-state index in [4.69, 9.17) is 0 Å². The molecule has 0 N–H and O–H groups in total. The molecule has 178 valence electrons. The average Bonchev–Trinajstić information content (AvgIpc) is 2.87. The number of carbonyl (C=O) groups is 1. The van der Waals surface area contributed by atoms with E-state index < -0.39 is 11.7 Å². The normalized spacial score (nSPS) is 14.9. The van der Waals surface area contributed by atoms with E-state index in [1.165, 1.54) is 64.9 Å². The van der Waals surface area contributed by atoms with E-state index in [1.807, 2.05) is 0 Å². The van der Waals surface area contributed by atoms with Crippen LogP contribution in [0, 0.1) is 0 Å². The van der Waals surface area contributed by atoms with Gasteiger partial charge in [0.15, 0.2) is 5.78 Å². The molecule has 0 amide bonds. The van der Waals surface area contributed by atoms with Gasteiger partial charge < -0.3 is 0 Å². The molecule has 0 spiro atoms. The van der Waals surface area contributed by atoms with Crippen LogP contribution in [0.4, 0.5) is 13.2 Å². The molecule has 4 heteroatoms. The number of ketones is 1. The van der Waals surface area contributed by atoms with Gasteiger partial charge in [-0.1, -0.05) is 61.5 Å². The maximum Gasteiger partial charge on any atom is 0.416 e. The summed E-state index contributed by atoms with van der Waals surface area (Å²) in [6, 6.07) is 19.5. The van der Waals surface area contributed by atoms with Gasteiger partial charge in [-0.15, -0.1) is 0 Å². The highest BCUT2D eigenvalue weighted by molar-refractivity contribution is 6.10. The first kappa shape index (κ1) is 23.3. The van der Waals surface area contributed by atoms with Crippen LogP contribution in [0.5, 0.6) is 0 Å². The number of rotatable bonds is 1. The molecule has 0 bridgehead atoms. The van der Waals surface area contributed by atoms with E-state index in [1.54, 1.807) is 17.2 Å². The van der Waals surface area contributed by atoms with E-state index in [0.29, 0.717) is 11.1 Å². The highest BCUT2D eigenvalue weighted by atomic mass is 19.4. The third-order valence-corrected chi connectivity index (χ3v) is 7.12. The topological polar surface area (TPSA) is 17.1 Å². The number of halogens is 3. The van der Waals surface area contributed by atoms with Gasteiger partial charge in [-0.3, -0.25) is 4.79 Å². The van der Waals surface area contributed by atoms with Crippen LogP contribution < -0.4 is 0 Å². The molecule has 0 saturated heterocycles. The van der Waals surface area contributed by atoms with Gasteiger partial charge in [0.1, 0.15) is 0 Å². The molecule has 0 radical (unpaired) electrons. The van der Waals surface area contributed by atoms with E-state index in [2.05, 4.69) is 49.4 Å². The van der Waals surface area contributed by atoms with Gasteiger partial charge in [-0.25, -0.2) is 0 Å². The second-order valence-electron chi connectivity index (χ2n) is 9.33. The number of hydrogen-bond acceptors (Lipinski definition) is 1. The molecule has 0 unspecified atom stereocenters. The molecule has 35 heavy (non-hydrogen) atoms. The summed E-state index contributed by atoms with van der Waals surface area (Å²) in [5.74, 6) is -0.165. The minimum atomic E-state index is -4.35. The number of carbonyl (C=O) groups excluding carboxylic acids is 1. The van der Waals surface area contributed by atoms with Crippen molar-refractivity contribution in [3.05, 3.63) is 100 Å². The van der Waals surface area contributed by atoms with Crippen molar-refractivity contribution in [2.75, 3.05) is 0 Å². The van der Waals surface area contributed by atoms with Gasteiger partial charge >= 0.3 is 6.18 Å². The van der Waals surface area contributed by atoms with Gasteiger partial charge in [-0.2, -0.15) is 13.2 Å². The standard InChI is InChI=1S/C20H20.C11H7F3O/c1-2-14-13-20-17-9-4-3-7-15(17)11-12-19(20)18-10-6-5-8-16(14)18;12-11(13,14)9-3-1-7-2-4-10(15)6-8(7)5-9/h5-6,8,10-13H,2-4,7,9H2,1H3;1-5H,6H2. The first-order chi connectivity index (χ1) is 16.8. The number of fused-ring (bicyclic) bond motifs is 6. The molecule has 0 saturated carbocycles. The van der Waals surface area contributed by atoms with Gasteiger partial charge in [-0.05, 0) is 99.7 Å². The summed E-state index contributed by atoms with van der Waals surface area (Å²) in [6.07, 6.45) is 4.97. The summed E-state index contributed by atoms with van der Waals surface area (Å²) >= 11 is 0. The van der Waals surface area contributed by atoms with Crippen LogP contribution in [0.15, 0.2) is 66.7 Å². The number of aryl methyl sites for hydroxylation is 3. The van der Waals surface area contributed by atoms with Gasteiger partial charge in [0.05, 0.1) is 5.56 Å². The fourth-order valence-electron chi connectivity index (χ4n) is 5.33. The summed E-state index contributed by atoms with van der Waals surface area (Å²) in [4.78, 5) is 11.0. The van der Waals surface area contributed by atoms with Gasteiger partial charge in [0.2, 0.25) is 0 Å². The van der Waals surface area contributed by atoms with Gasteiger partial charge in [0, 0.05) is 6.42 Å². The zero-order valence-electron chi connectivity index (χ0n) is 19.7. The lowest BCUT2D eigenvalue weighted by Gasteiger charge is -2.20. The molecule has 2 aliphatic carbocycles. The van der Waals surface area contributed by atoms with Crippen LogP contribution in [0.2, 0.25) is 0 Å². The van der Waals surface area contributed by atoms with Crippen molar-refractivity contribution in [1.29, 1.82) is 0 Å². The predicted molar refractivity (Wildman–Crippen MR) is 137 cm³/mol. The Labute approximate surface area is 203 Å². The van der Waals surface area contributed by atoms with Crippen molar-refractivity contribution in [1.82, 2.24) is 0 Å². The monoisotopic (exact) mass is 472 g/mol. The van der Waals surface area contributed by atoms with Crippen molar-refractivity contribution >= 4 is 33.4 Å². The summed E-state index contributed by atoms with van der Waals surface area (Å²) in [6.45, 7) is 2.27. The Morgan fingerprint density at radius 3 is 2.29 bits per heavy atom. The van der Waals surface area contributed by atoms with E-state index in [9.17, 15) is 18.0 Å². The molecule has 2 aliphatic rings. The molecule has 0 heterocycles. The average molecular weight is 473 g/mol. The Hall–Kier alpha value is -3.40. The molecule has 0 fully saturated rings. The largest absolute Gasteiger partial charge is 0.416 e. The van der Waals surface area contributed by atoms with Crippen LogP contribution in [-0.4, -0.2) is 5.78 Å². The Balaban J connectivity index is 0.000000152. The molecule has 0 aliphatic heterocycles. The molecule has 6 rings (SSSR count). The Kier molecular flexibility index (Phi) is 6.22. The van der Waals surface area contributed by atoms with E-state index >= 15 is 0 Å². The Bertz CT molecular complexity index is 1460. The predicted octanol–water partition coefficient (Wildman–Crippen LogP) is 8.28. The molecule has 4 aromatic rings. The fourth-order valence-corrected chi connectivity index (χ4v) is 5.33. The van der Waals surface area contributed by atoms with Crippen LogP contribution in [-0.2, 0) is 36.7 Å². The quantitative estimate of drug-likeness (QED) is 0.255. The van der Waals surface area contributed by atoms with Crippen LogP contribution in [0.3, 0.4) is 0 Å². The van der Waals surface area contributed by atoms with Crippen molar-refractivity contribution in [2.45, 2.75) is 51.6 Å². The third-order valence-electron chi connectivity index (χ3n) is 7.12. The number of benzene rings is 4. The number of allylic oxidation sites excluding steroid dienone is 1. The summed E-state index contributed by atoms with van der Waals surface area (Å²) in [5, 5.41) is 5.81. The second kappa shape index (κ2) is 9.33. The lowest BCUT2D eigenvalue weighted by Crippen LogP contribution is -2.10. The Morgan fingerprint density at radius 2 is 1.51 bits per heavy atom. The first-order valence-corrected chi connectivity index (χ1v) is 12.2. The third kappa shape index (κ3) is 4.62. The smallest absolute Gasteiger partial charge is 0.294 e. The van der Waals surface area contributed by atoms with Crippen LogP contribution in [0.25, 0.3) is 27.6 Å². The maximum absolute atomic E-state index is 12.4. The van der Waals surface area contributed by atoms with Crippen molar-refractivity contribution < 1.29 is 18.0 Å². The SMILES string of the molecule is CCc1cc2c3c(ccc2c2ccccc12)CCCC3.O=C1C=Cc2ccc(C(F)(F)F)cc2C1. The minimum Gasteiger partial charge on any atom is -0.294 e. The molecule has 0 atom stereocenters. The van der Waals surface area contributed by atoms with Crippen molar-refractivity contribution in [3.63, 3.8) is 0 Å². The highest BCUT2D eigenvalue weighted by Crippen LogP contribution is 2.35. The van der Waals surface area contributed by atoms with Crippen molar-refractivity contribution in [3.8, 4) is 0 Å². The lowest BCUT2D eigenvalue weighted by molar-refractivity contribution is -0.137. The molecule has 4 aromatic carbocycles. The first-order valence-electron chi connectivity index (χ1n) is 12.2. The second-order valence-corrected chi connectivity index (χ2v) is 9.33. The summed E-state index contributed by atoms with van der Waals surface area (Å²) < 4.78 is 37.1. The minimum absolute atomic E-state index is 0.0513. The molecule has 1 nitrogen and oxygen atoms in total. The lowest BCUT2D eigenvalue weighted by atomic mass is 9.85. The highest BCUT2D eigenvalue weighted by Gasteiger charge is 2.31. The van der Waals surface area contributed by atoms with E-state index in [0.717, 1.165) is 18.6 Å². The van der Waals surface area contributed by atoms with Crippen LogP contribution >= 0.6 is 0 Å².